The SMILES string of the molecule is COC1(c2nccn2C)CCN(C)C1. The summed E-state index contributed by atoms with van der Waals surface area (Å²) in [6, 6.07) is 0. The largest absolute Gasteiger partial charge is 0.369 e. The fourth-order valence-corrected chi connectivity index (χ4v) is 2.21. The third kappa shape index (κ3) is 1.35. The second-order valence-corrected chi connectivity index (χ2v) is 4.05. The van der Waals surface area contributed by atoms with Crippen LogP contribution in [-0.4, -0.2) is 41.7 Å². The molecule has 0 N–H and O–H groups in total. The number of imidazole rings is 1. The van der Waals surface area contributed by atoms with Crippen LogP contribution in [0.25, 0.3) is 0 Å². The standard InChI is InChI=1S/C10H17N3O/c1-12-6-4-10(8-12,14-3)9-11-5-7-13(9)2/h5,7H,4,6,8H2,1-3H3. The van der Waals surface area contributed by atoms with E-state index in [-0.39, 0.29) is 5.60 Å². The molecule has 1 aromatic heterocycles. The molecule has 2 rings (SSSR count). The second kappa shape index (κ2) is 3.37. The number of rotatable bonds is 2. The maximum absolute atomic E-state index is 5.67. The van der Waals surface area contributed by atoms with E-state index in [1.54, 1.807) is 7.11 Å². The second-order valence-electron chi connectivity index (χ2n) is 4.05. The van der Waals surface area contributed by atoms with Crippen molar-refractivity contribution in [3.63, 3.8) is 0 Å². The highest BCUT2D eigenvalue weighted by Gasteiger charge is 2.41. The number of likely N-dealkylation sites (N-methyl/N-ethyl adjacent to an activating group) is 1. The number of aryl methyl sites for hydroxylation is 1. The van der Waals surface area contributed by atoms with Crippen LogP contribution >= 0.6 is 0 Å². The minimum absolute atomic E-state index is 0.201. The van der Waals surface area contributed by atoms with Gasteiger partial charge in [-0.05, 0) is 13.5 Å². The molecule has 2 heterocycles. The molecule has 0 saturated carbocycles. The number of hydrogen-bond donors (Lipinski definition) is 0. The summed E-state index contributed by atoms with van der Waals surface area (Å²) >= 11 is 0. The van der Waals surface area contributed by atoms with Crippen molar-refractivity contribution in [3.05, 3.63) is 18.2 Å². The molecule has 78 valence electrons. The number of likely N-dealkylation sites (tertiary alicyclic amines) is 1. The fraction of sp³-hybridized carbons (Fsp3) is 0.700. The van der Waals surface area contributed by atoms with Crippen LogP contribution in [0.1, 0.15) is 12.2 Å². The third-order valence-corrected chi connectivity index (χ3v) is 3.04. The maximum Gasteiger partial charge on any atom is 0.142 e. The van der Waals surface area contributed by atoms with Crippen LogP contribution in [0.4, 0.5) is 0 Å². The topological polar surface area (TPSA) is 30.3 Å². The van der Waals surface area contributed by atoms with Gasteiger partial charge in [-0.25, -0.2) is 4.98 Å². The number of nitrogens with zero attached hydrogens (tertiary/aromatic N) is 3. The Hall–Kier alpha value is -0.870. The van der Waals surface area contributed by atoms with E-state index in [9.17, 15) is 0 Å². The van der Waals surface area contributed by atoms with Crippen LogP contribution in [-0.2, 0) is 17.4 Å². The first-order valence-electron chi connectivity index (χ1n) is 4.89. The van der Waals surface area contributed by atoms with E-state index < -0.39 is 0 Å². The van der Waals surface area contributed by atoms with Crippen molar-refractivity contribution >= 4 is 0 Å². The van der Waals surface area contributed by atoms with Gasteiger partial charge in [-0.2, -0.15) is 0 Å². The molecule has 1 saturated heterocycles. The Labute approximate surface area is 84.5 Å². The zero-order valence-electron chi connectivity index (χ0n) is 9.03. The Morgan fingerprint density at radius 2 is 2.29 bits per heavy atom. The first-order chi connectivity index (χ1) is 6.68. The molecule has 4 heteroatoms. The lowest BCUT2D eigenvalue weighted by Crippen LogP contribution is -2.34. The number of aromatic nitrogens is 2. The molecular formula is C10H17N3O. The van der Waals surface area contributed by atoms with E-state index in [2.05, 4.69) is 16.9 Å². The lowest BCUT2D eigenvalue weighted by atomic mass is 10.0. The van der Waals surface area contributed by atoms with Gasteiger partial charge >= 0.3 is 0 Å². The van der Waals surface area contributed by atoms with E-state index in [0.29, 0.717) is 0 Å². The Morgan fingerprint density at radius 3 is 2.71 bits per heavy atom. The van der Waals surface area contributed by atoms with E-state index >= 15 is 0 Å². The van der Waals surface area contributed by atoms with Gasteiger partial charge in [0.25, 0.3) is 0 Å². The van der Waals surface area contributed by atoms with Crippen LogP contribution < -0.4 is 0 Å². The van der Waals surface area contributed by atoms with Crippen LogP contribution in [0.5, 0.6) is 0 Å². The Balaban J connectivity index is 2.34. The molecule has 14 heavy (non-hydrogen) atoms. The van der Waals surface area contributed by atoms with Crippen molar-refractivity contribution in [3.8, 4) is 0 Å². The summed E-state index contributed by atoms with van der Waals surface area (Å²) in [5.41, 5.74) is -0.201. The third-order valence-electron chi connectivity index (χ3n) is 3.04. The number of methoxy groups -OCH3 is 1. The van der Waals surface area contributed by atoms with E-state index in [1.165, 1.54) is 0 Å². The molecule has 1 aromatic rings. The summed E-state index contributed by atoms with van der Waals surface area (Å²) in [7, 11) is 5.90. The number of hydrogen-bond acceptors (Lipinski definition) is 3. The van der Waals surface area contributed by atoms with Crippen molar-refractivity contribution in [1.82, 2.24) is 14.5 Å². The van der Waals surface area contributed by atoms with Gasteiger partial charge in [-0.15, -0.1) is 0 Å². The summed E-state index contributed by atoms with van der Waals surface area (Å²) in [4.78, 5) is 6.66. The summed E-state index contributed by atoms with van der Waals surface area (Å²) in [5, 5.41) is 0. The zero-order chi connectivity index (χ0) is 10.2. The lowest BCUT2D eigenvalue weighted by Gasteiger charge is -2.26. The van der Waals surface area contributed by atoms with Crippen LogP contribution in [0, 0.1) is 0 Å². The maximum atomic E-state index is 5.67. The molecule has 1 atom stereocenters. The Kier molecular flexibility index (Phi) is 2.33. The zero-order valence-corrected chi connectivity index (χ0v) is 9.03. The van der Waals surface area contributed by atoms with Crippen molar-refractivity contribution in [2.45, 2.75) is 12.0 Å². The summed E-state index contributed by atoms with van der Waals surface area (Å²) in [6.45, 7) is 2.00. The van der Waals surface area contributed by atoms with Gasteiger partial charge in [-0.3, -0.25) is 0 Å². The molecule has 0 radical (unpaired) electrons. The van der Waals surface area contributed by atoms with Gasteiger partial charge in [-0.1, -0.05) is 0 Å². The molecule has 0 spiro atoms. The molecule has 0 aromatic carbocycles. The van der Waals surface area contributed by atoms with E-state index in [0.717, 1.165) is 25.3 Å². The Bertz CT molecular complexity index is 323. The normalized spacial score (nSPS) is 28.5. The van der Waals surface area contributed by atoms with Gasteiger partial charge in [0, 0.05) is 39.6 Å². The molecule has 1 unspecified atom stereocenters. The molecule has 4 nitrogen and oxygen atoms in total. The molecule has 1 aliphatic rings. The number of ether oxygens (including phenoxy) is 1. The first kappa shape index (κ1) is 9.68. The van der Waals surface area contributed by atoms with Crippen molar-refractivity contribution in [1.29, 1.82) is 0 Å². The van der Waals surface area contributed by atoms with Gasteiger partial charge in [0.05, 0.1) is 0 Å². The van der Waals surface area contributed by atoms with Crippen molar-refractivity contribution in [2.75, 3.05) is 27.2 Å². The van der Waals surface area contributed by atoms with E-state index in [1.807, 2.05) is 24.0 Å². The summed E-state index contributed by atoms with van der Waals surface area (Å²) < 4.78 is 7.71. The van der Waals surface area contributed by atoms with Crippen LogP contribution in [0.2, 0.25) is 0 Å². The minimum Gasteiger partial charge on any atom is -0.369 e. The highest BCUT2D eigenvalue weighted by atomic mass is 16.5. The minimum atomic E-state index is -0.201. The average molecular weight is 195 g/mol. The van der Waals surface area contributed by atoms with E-state index in [4.69, 9.17) is 4.74 Å². The summed E-state index contributed by atoms with van der Waals surface area (Å²) in [6.07, 6.45) is 4.81. The molecular weight excluding hydrogens is 178 g/mol. The average Bonchev–Trinajstić information content (AvgIpc) is 2.73. The van der Waals surface area contributed by atoms with Gasteiger partial charge < -0.3 is 14.2 Å². The molecule has 1 fully saturated rings. The molecule has 0 aliphatic carbocycles. The predicted molar refractivity (Wildman–Crippen MR) is 54.0 cm³/mol. The highest BCUT2D eigenvalue weighted by Crippen LogP contribution is 2.33. The molecule has 1 aliphatic heterocycles. The van der Waals surface area contributed by atoms with Crippen molar-refractivity contribution in [2.24, 2.45) is 7.05 Å². The van der Waals surface area contributed by atoms with Crippen LogP contribution in [0.15, 0.2) is 12.4 Å². The fourth-order valence-electron chi connectivity index (χ4n) is 2.21. The van der Waals surface area contributed by atoms with Gasteiger partial charge in [0.15, 0.2) is 0 Å². The molecule has 0 amide bonds. The first-order valence-corrected chi connectivity index (χ1v) is 4.89. The van der Waals surface area contributed by atoms with Gasteiger partial charge in [0.2, 0.25) is 0 Å². The lowest BCUT2D eigenvalue weighted by molar-refractivity contribution is -0.0135. The smallest absolute Gasteiger partial charge is 0.142 e. The Morgan fingerprint density at radius 1 is 1.50 bits per heavy atom. The summed E-state index contributed by atoms with van der Waals surface area (Å²) in [5.74, 6) is 1.03. The van der Waals surface area contributed by atoms with Crippen LogP contribution in [0.3, 0.4) is 0 Å². The highest BCUT2D eigenvalue weighted by molar-refractivity contribution is 5.09. The quantitative estimate of drug-likeness (QED) is 0.692. The predicted octanol–water partition coefficient (Wildman–Crippen LogP) is 0.597. The van der Waals surface area contributed by atoms with Gasteiger partial charge in [0.1, 0.15) is 11.4 Å². The molecule has 0 bridgehead atoms. The monoisotopic (exact) mass is 195 g/mol. The van der Waals surface area contributed by atoms with Crippen molar-refractivity contribution < 1.29 is 4.74 Å².